The van der Waals surface area contributed by atoms with Crippen LogP contribution >= 0.6 is 11.6 Å². The number of nitrogens with zero attached hydrogens (tertiary/aromatic N) is 2. The number of amides is 1. The van der Waals surface area contributed by atoms with E-state index in [0.29, 0.717) is 32.0 Å². The van der Waals surface area contributed by atoms with Gasteiger partial charge in [-0.05, 0) is 23.2 Å². The average Bonchev–Trinajstić information content (AvgIpc) is 3.06. The molecule has 2 rings (SSSR count). The van der Waals surface area contributed by atoms with Crippen LogP contribution in [-0.2, 0) is 22.6 Å². The van der Waals surface area contributed by atoms with Crippen LogP contribution in [0, 0.1) is 0 Å². The number of benzene rings is 1. The molecule has 1 aromatic heterocycles. The SMILES string of the molecule is O=C(NCCOCCn1nccc1C(=O)Cl)OCc1ccccc1. The molecule has 0 spiro atoms. The highest BCUT2D eigenvalue weighted by Gasteiger charge is 2.08. The summed E-state index contributed by atoms with van der Waals surface area (Å²) in [5, 5.41) is 6.01. The van der Waals surface area contributed by atoms with E-state index in [1.807, 2.05) is 30.3 Å². The van der Waals surface area contributed by atoms with Gasteiger partial charge in [-0.25, -0.2) is 4.79 Å². The summed E-state index contributed by atoms with van der Waals surface area (Å²) in [6.07, 6.45) is 1.00. The lowest BCUT2D eigenvalue weighted by Crippen LogP contribution is -2.28. The first-order valence-electron chi connectivity index (χ1n) is 7.41. The van der Waals surface area contributed by atoms with Crippen molar-refractivity contribution in [2.75, 3.05) is 19.8 Å². The van der Waals surface area contributed by atoms with Gasteiger partial charge in [0.05, 0.1) is 19.8 Å². The van der Waals surface area contributed by atoms with Gasteiger partial charge in [0.15, 0.2) is 0 Å². The molecule has 0 aliphatic rings. The van der Waals surface area contributed by atoms with E-state index in [-0.39, 0.29) is 6.61 Å². The molecule has 2 aromatic rings. The zero-order chi connectivity index (χ0) is 17.2. The lowest BCUT2D eigenvalue weighted by Gasteiger charge is -2.08. The third-order valence-corrected chi connectivity index (χ3v) is 3.29. The first kappa shape index (κ1) is 18.0. The number of carbonyl (C=O) groups excluding carboxylic acids is 2. The second kappa shape index (κ2) is 9.69. The van der Waals surface area contributed by atoms with Crippen LogP contribution < -0.4 is 5.32 Å². The molecule has 1 N–H and O–H groups in total. The van der Waals surface area contributed by atoms with Crippen LogP contribution in [0.3, 0.4) is 0 Å². The molecule has 1 amide bonds. The van der Waals surface area contributed by atoms with Crippen LogP contribution in [0.25, 0.3) is 0 Å². The summed E-state index contributed by atoms with van der Waals surface area (Å²) in [4.78, 5) is 22.6. The van der Waals surface area contributed by atoms with E-state index >= 15 is 0 Å². The summed E-state index contributed by atoms with van der Waals surface area (Å²) in [6, 6.07) is 11.0. The number of ether oxygens (including phenoxy) is 2. The van der Waals surface area contributed by atoms with Crippen molar-refractivity contribution in [1.29, 1.82) is 0 Å². The van der Waals surface area contributed by atoms with Crippen molar-refractivity contribution in [3.63, 3.8) is 0 Å². The van der Waals surface area contributed by atoms with Crippen molar-refractivity contribution in [3.8, 4) is 0 Å². The molecule has 128 valence electrons. The van der Waals surface area contributed by atoms with Crippen LogP contribution in [0.2, 0.25) is 0 Å². The molecule has 0 saturated heterocycles. The summed E-state index contributed by atoms with van der Waals surface area (Å²) >= 11 is 5.42. The van der Waals surface area contributed by atoms with Crippen molar-refractivity contribution in [2.45, 2.75) is 13.2 Å². The van der Waals surface area contributed by atoms with E-state index in [2.05, 4.69) is 10.4 Å². The van der Waals surface area contributed by atoms with Crippen molar-refractivity contribution in [3.05, 3.63) is 53.9 Å². The molecule has 1 aromatic carbocycles. The van der Waals surface area contributed by atoms with Gasteiger partial charge in [0.25, 0.3) is 5.24 Å². The number of nitrogens with one attached hydrogen (secondary N) is 1. The van der Waals surface area contributed by atoms with Crippen molar-refractivity contribution >= 4 is 22.9 Å². The summed E-state index contributed by atoms with van der Waals surface area (Å²) in [5.74, 6) is 0. The fourth-order valence-corrected chi connectivity index (χ4v) is 2.09. The zero-order valence-corrected chi connectivity index (χ0v) is 13.7. The molecule has 1 heterocycles. The van der Waals surface area contributed by atoms with Gasteiger partial charge in [0.2, 0.25) is 0 Å². The molecular weight excluding hydrogens is 334 g/mol. The van der Waals surface area contributed by atoms with Crippen LogP contribution in [0.1, 0.15) is 16.1 Å². The van der Waals surface area contributed by atoms with Crippen LogP contribution in [0.15, 0.2) is 42.6 Å². The van der Waals surface area contributed by atoms with Crippen molar-refractivity contribution in [1.82, 2.24) is 15.1 Å². The van der Waals surface area contributed by atoms with E-state index in [0.717, 1.165) is 5.56 Å². The van der Waals surface area contributed by atoms with E-state index in [4.69, 9.17) is 21.1 Å². The third-order valence-electron chi connectivity index (χ3n) is 3.09. The molecule has 8 heteroatoms. The number of aromatic nitrogens is 2. The van der Waals surface area contributed by atoms with E-state index in [9.17, 15) is 9.59 Å². The first-order chi connectivity index (χ1) is 11.7. The number of carbonyl (C=O) groups is 2. The van der Waals surface area contributed by atoms with Crippen LogP contribution in [-0.4, -0.2) is 40.9 Å². The number of hydrogen-bond acceptors (Lipinski definition) is 5. The molecule has 0 saturated carbocycles. The Labute approximate surface area is 144 Å². The van der Waals surface area contributed by atoms with Crippen molar-refractivity contribution in [2.24, 2.45) is 0 Å². The number of halogens is 1. The second-order valence-electron chi connectivity index (χ2n) is 4.81. The molecule has 0 fully saturated rings. The second-order valence-corrected chi connectivity index (χ2v) is 5.16. The maximum atomic E-state index is 11.5. The average molecular weight is 352 g/mol. The Hall–Kier alpha value is -2.38. The molecule has 7 nitrogen and oxygen atoms in total. The quantitative estimate of drug-likeness (QED) is 0.553. The summed E-state index contributed by atoms with van der Waals surface area (Å²) in [5.41, 5.74) is 1.25. The molecule has 0 aliphatic heterocycles. The largest absolute Gasteiger partial charge is 0.445 e. The predicted molar refractivity (Wildman–Crippen MR) is 87.9 cm³/mol. The minimum atomic E-state index is -0.560. The fourth-order valence-electron chi connectivity index (χ4n) is 1.93. The van der Waals surface area contributed by atoms with E-state index in [1.165, 1.54) is 10.9 Å². The van der Waals surface area contributed by atoms with Crippen LogP contribution in [0.5, 0.6) is 0 Å². The van der Waals surface area contributed by atoms with Gasteiger partial charge in [-0.15, -0.1) is 0 Å². The highest BCUT2D eigenvalue weighted by molar-refractivity contribution is 6.67. The Morgan fingerprint density at radius 1 is 1.17 bits per heavy atom. The van der Waals surface area contributed by atoms with Gasteiger partial charge in [0.1, 0.15) is 12.3 Å². The van der Waals surface area contributed by atoms with E-state index in [1.54, 1.807) is 6.07 Å². The van der Waals surface area contributed by atoms with E-state index < -0.39 is 11.3 Å². The van der Waals surface area contributed by atoms with Gasteiger partial charge in [-0.1, -0.05) is 30.3 Å². The van der Waals surface area contributed by atoms with Gasteiger partial charge >= 0.3 is 6.09 Å². The molecule has 0 aliphatic carbocycles. The third kappa shape index (κ3) is 6.02. The van der Waals surface area contributed by atoms with Gasteiger partial charge < -0.3 is 14.8 Å². The Morgan fingerprint density at radius 3 is 2.71 bits per heavy atom. The zero-order valence-electron chi connectivity index (χ0n) is 13.0. The smallest absolute Gasteiger partial charge is 0.407 e. The maximum Gasteiger partial charge on any atom is 0.407 e. The Bertz CT molecular complexity index is 660. The summed E-state index contributed by atoms with van der Waals surface area (Å²) < 4.78 is 11.9. The molecule has 0 unspecified atom stereocenters. The summed E-state index contributed by atoms with van der Waals surface area (Å²) in [7, 11) is 0. The van der Waals surface area contributed by atoms with Gasteiger partial charge in [-0.3, -0.25) is 9.48 Å². The van der Waals surface area contributed by atoms with Crippen molar-refractivity contribution < 1.29 is 19.1 Å². The number of alkyl carbamates (subject to hydrolysis) is 1. The minimum absolute atomic E-state index is 0.224. The lowest BCUT2D eigenvalue weighted by atomic mass is 10.2. The maximum absolute atomic E-state index is 11.5. The molecule has 24 heavy (non-hydrogen) atoms. The molecular formula is C16H18ClN3O4. The molecule has 0 radical (unpaired) electrons. The normalized spacial score (nSPS) is 10.4. The predicted octanol–water partition coefficient (Wildman–Crippen LogP) is 2.21. The highest BCUT2D eigenvalue weighted by atomic mass is 35.5. The number of hydrogen-bond donors (Lipinski definition) is 1. The Morgan fingerprint density at radius 2 is 1.96 bits per heavy atom. The first-order valence-corrected chi connectivity index (χ1v) is 7.78. The Balaban J connectivity index is 1.54. The van der Waals surface area contributed by atoms with Gasteiger partial charge in [0, 0.05) is 12.7 Å². The lowest BCUT2D eigenvalue weighted by molar-refractivity contribution is 0.104. The standard InChI is InChI=1S/C16H18ClN3O4/c17-15(21)14-6-7-19-20(14)9-11-23-10-8-18-16(22)24-12-13-4-2-1-3-5-13/h1-7H,8-12H2,(H,18,22). The Kier molecular flexibility index (Phi) is 7.25. The van der Waals surface area contributed by atoms with Gasteiger partial charge in [-0.2, -0.15) is 5.10 Å². The topological polar surface area (TPSA) is 82.5 Å². The number of rotatable bonds is 9. The molecule has 0 bridgehead atoms. The monoisotopic (exact) mass is 351 g/mol. The highest BCUT2D eigenvalue weighted by Crippen LogP contribution is 2.03. The fraction of sp³-hybridized carbons (Fsp3) is 0.312. The minimum Gasteiger partial charge on any atom is -0.445 e. The summed E-state index contributed by atoms with van der Waals surface area (Å²) in [6.45, 7) is 1.63. The van der Waals surface area contributed by atoms with Crippen LogP contribution in [0.4, 0.5) is 4.79 Å². The molecule has 0 atom stereocenters.